The molecule has 0 spiro atoms. The molecule has 25 heavy (non-hydrogen) atoms. The van der Waals surface area contributed by atoms with Crippen LogP contribution in [0.5, 0.6) is 11.5 Å². The van der Waals surface area contributed by atoms with Gasteiger partial charge < -0.3 is 14.4 Å². The van der Waals surface area contributed by atoms with Gasteiger partial charge in [0, 0.05) is 13.1 Å². The van der Waals surface area contributed by atoms with Crippen molar-refractivity contribution < 1.29 is 14.3 Å². The maximum atomic E-state index is 12.8. The van der Waals surface area contributed by atoms with Crippen molar-refractivity contribution in [3.8, 4) is 11.5 Å². The molecule has 1 atom stereocenters. The van der Waals surface area contributed by atoms with E-state index in [1.165, 1.54) is 0 Å². The predicted molar refractivity (Wildman–Crippen MR) is 94.7 cm³/mol. The molecule has 1 aromatic carbocycles. The quantitative estimate of drug-likeness (QED) is 0.875. The standard InChI is InChI=1S/C19H25N3O3/c1-4-5-15-9-16(21-20-15)11-22(2)19(23)14-8-13-6-7-17(24-3)10-18(13)25-12-14/h6-7,9-10,14H,4-5,8,11-12H2,1-3H3,(H,20,21). The zero-order valence-electron chi connectivity index (χ0n) is 15.0. The summed E-state index contributed by atoms with van der Waals surface area (Å²) in [5.74, 6) is 1.50. The normalized spacial score (nSPS) is 16.0. The van der Waals surface area contributed by atoms with Crippen molar-refractivity contribution >= 4 is 5.91 Å². The molecule has 2 aromatic rings. The molecule has 6 nitrogen and oxygen atoms in total. The van der Waals surface area contributed by atoms with Crippen LogP contribution in [-0.4, -0.2) is 41.8 Å². The lowest BCUT2D eigenvalue weighted by molar-refractivity contribution is -0.136. The van der Waals surface area contributed by atoms with Crippen LogP contribution >= 0.6 is 0 Å². The van der Waals surface area contributed by atoms with E-state index in [-0.39, 0.29) is 11.8 Å². The lowest BCUT2D eigenvalue weighted by atomic mass is 9.95. The Morgan fingerprint density at radius 1 is 1.44 bits per heavy atom. The first-order chi connectivity index (χ1) is 12.1. The molecule has 1 amide bonds. The van der Waals surface area contributed by atoms with E-state index < -0.39 is 0 Å². The molecule has 3 rings (SSSR count). The number of methoxy groups -OCH3 is 1. The molecule has 0 saturated carbocycles. The number of carbonyl (C=O) groups excluding carboxylic acids is 1. The minimum Gasteiger partial charge on any atom is -0.497 e. The third-order valence-electron chi connectivity index (χ3n) is 4.50. The highest BCUT2D eigenvalue weighted by Crippen LogP contribution is 2.31. The summed E-state index contributed by atoms with van der Waals surface area (Å²) in [5, 5.41) is 7.30. The van der Waals surface area contributed by atoms with Crippen molar-refractivity contribution in [2.24, 2.45) is 5.92 Å². The zero-order chi connectivity index (χ0) is 17.8. The highest BCUT2D eigenvalue weighted by molar-refractivity contribution is 5.79. The van der Waals surface area contributed by atoms with Crippen LogP contribution in [0.1, 0.15) is 30.3 Å². The van der Waals surface area contributed by atoms with Gasteiger partial charge in [0.2, 0.25) is 5.91 Å². The number of carbonyl (C=O) groups is 1. The molecule has 1 aromatic heterocycles. The number of aryl methyl sites for hydroxylation is 1. The van der Waals surface area contributed by atoms with E-state index >= 15 is 0 Å². The SMILES string of the molecule is CCCc1cc(CN(C)C(=O)C2COc3cc(OC)ccc3C2)[nH]n1. The summed E-state index contributed by atoms with van der Waals surface area (Å²) in [4.78, 5) is 14.5. The summed E-state index contributed by atoms with van der Waals surface area (Å²) in [6.45, 7) is 3.05. The number of H-pyrrole nitrogens is 1. The van der Waals surface area contributed by atoms with Crippen LogP contribution in [0.4, 0.5) is 0 Å². The number of amides is 1. The Kier molecular flexibility index (Phi) is 5.26. The number of fused-ring (bicyclic) bond motifs is 1. The Hall–Kier alpha value is -2.50. The van der Waals surface area contributed by atoms with Gasteiger partial charge >= 0.3 is 0 Å². The van der Waals surface area contributed by atoms with Gasteiger partial charge in [-0.2, -0.15) is 5.10 Å². The van der Waals surface area contributed by atoms with Crippen LogP contribution in [0.15, 0.2) is 24.3 Å². The average Bonchev–Trinajstić information content (AvgIpc) is 3.07. The van der Waals surface area contributed by atoms with Crippen LogP contribution in [0.25, 0.3) is 0 Å². The Bertz CT molecular complexity index is 741. The molecule has 0 radical (unpaired) electrons. The fraction of sp³-hybridized carbons (Fsp3) is 0.474. The molecular weight excluding hydrogens is 318 g/mol. The third kappa shape index (κ3) is 3.95. The minimum atomic E-state index is -0.163. The number of hydrogen-bond acceptors (Lipinski definition) is 4. The highest BCUT2D eigenvalue weighted by atomic mass is 16.5. The summed E-state index contributed by atoms with van der Waals surface area (Å²) in [6.07, 6.45) is 2.69. The van der Waals surface area contributed by atoms with E-state index in [4.69, 9.17) is 9.47 Å². The molecule has 0 fully saturated rings. The van der Waals surface area contributed by atoms with E-state index in [1.807, 2.05) is 31.3 Å². The first-order valence-corrected chi connectivity index (χ1v) is 8.68. The lowest BCUT2D eigenvalue weighted by Gasteiger charge is -2.28. The number of aromatic amines is 1. The summed E-state index contributed by atoms with van der Waals surface area (Å²) >= 11 is 0. The maximum absolute atomic E-state index is 12.8. The Balaban J connectivity index is 1.62. The van der Waals surface area contributed by atoms with Gasteiger partial charge in [0.05, 0.1) is 31.0 Å². The lowest BCUT2D eigenvalue weighted by Crippen LogP contribution is -2.38. The molecule has 2 heterocycles. The number of nitrogens with one attached hydrogen (secondary N) is 1. The highest BCUT2D eigenvalue weighted by Gasteiger charge is 2.28. The molecule has 0 bridgehead atoms. The largest absolute Gasteiger partial charge is 0.497 e. The van der Waals surface area contributed by atoms with E-state index in [0.29, 0.717) is 19.6 Å². The molecular formula is C19H25N3O3. The third-order valence-corrected chi connectivity index (χ3v) is 4.50. The molecule has 1 aliphatic rings. The number of hydrogen-bond donors (Lipinski definition) is 1. The van der Waals surface area contributed by atoms with Crippen LogP contribution in [-0.2, 0) is 24.2 Å². The molecule has 1 unspecified atom stereocenters. The van der Waals surface area contributed by atoms with Gasteiger partial charge in [-0.15, -0.1) is 0 Å². The van der Waals surface area contributed by atoms with Crippen molar-refractivity contribution in [2.45, 2.75) is 32.7 Å². The Morgan fingerprint density at radius 3 is 3.04 bits per heavy atom. The summed E-state index contributed by atoms with van der Waals surface area (Å²) in [6, 6.07) is 7.78. The average molecular weight is 343 g/mol. The van der Waals surface area contributed by atoms with Crippen molar-refractivity contribution in [3.05, 3.63) is 41.2 Å². The van der Waals surface area contributed by atoms with E-state index in [0.717, 1.165) is 41.3 Å². The second-order valence-electron chi connectivity index (χ2n) is 6.51. The smallest absolute Gasteiger partial charge is 0.229 e. The second kappa shape index (κ2) is 7.59. The van der Waals surface area contributed by atoms with Gasteiger partial charge in [-0.25, -0.2) is 0 Å². The van der Waals surface area contributed by atoms with Gasteiger partial charge in [0.15, 0.2) is 0 Å². The summed E-state index contributed by atoms with van der Waals surface area (Å²) in [7, 11) is 3.46. The number of nitrogens with zero attached hydrogens (tertiary/aromatic N) is 2. The minimum absolute atomic E-state index is 0.0908. The van der Waals surface area contributed by atoms with E-state index in [2.05, 4.69) is 17.1 Å². The molecule has 6 heteroatoms. The number of benzene rings is 1. The first kappa shape index (κ1) is 17.3. The van der Waals surface area contributed by atoms with Gasteiger partial charge in [0.1, 0.15) is 18.1 Å². The predicted octanol–water partition coefficient (Wildman–Crippen LogP) is 2.58. The monoisotopic (exact) mass is 343 g/mol. The van der Waals surface area contributed by atoms with Gasteiger partial charge in [-0.1, -0.05) is 19.4 Å². The Morgan fingerprint density at radius 2 is 2.28 bits per heavy atom. The fourth-order valence-electron chi connectivity index (χ4n) is 3.16. The molecule has 1 N–H and O–H groups in total. The van der Waals surface area contributed by atoms with Crippen LogP contribution < -0.4 is 9.47 Å². The number of rotatable bonds is 6. The van der Waals surface area contributed by atoms with Crippen molar-refractivity contribution in [2.75, 3.05) is 20.8 Å². The first-order valence-electron chi connectivity index (χ1n) is 8.68. The summed E-state index contributed by atoms with van der Waals surface area (Å²) in [5.41, 5.74) is 3.05. The van der Waals surface area contributed by atoms with Crippen molar-refractivity contribution in [1.29, 1.82) is 0 Å². The molecule has 134 valence electrons. The van der Waals surface area contributed by atoms with Crippen LogP contribution in [0.2, 0.25) is 0 Å². The van der Waals surface area contributed by atoms with Crippen molar-refractivity contribution in [1.82, 2.24) is 15.1 Å². The van der Waals surface area contributed by atoms with Gasteiger partial charge in [-0.05, 0) is 30.5 Å². The molecule has 0 saturated heterocycles. The fourth-order valence-corrected chi connectivity index (χ4v) is 3.16. The zero-order valence-corrected chi connectivity index (χ0v) is 15.0. The van der Waals surface area contributed by atoms with Gasteiger partial charge in [-0.3, -0.25) is 9.89 Å². The second-order valence-corrected chi connectivity index (χ2v) is 6.51. The number of aromatic nitrogens is 2. The molecule has 1 aliphatic heterocycles. The van der Waals surface area contributed by atoms with Gasteiger partial charge in [0.25, 0.3) is 0 Å². The van der Waals surface area contributed by atoms with Crippen LogP contribution in [0, 0.1) is 5.92 Å². The molecule has 0 aliphatic carbocycles. The van der Waals surface area contributed by atoms with Crippen LogP contribution in [0.3, 0.4) is 0 Å². The maximum Gasteiger partial charge on any atom is 0.229 e. The summed E-state index contributed by atoms with van der Waals surface area (Å²) < 4.78 is 11.0. The van der Waals surface area contributed by atoms with Crippen molar-refractivity contribution in [3.63, 3.8) is 0 Å². The van der Waals surface area contributed by atoms with E-state index in [1.54, 1.807) is 12.0 Å². The topological polar surface area (TPSA) is 67.5 Å². The number of ether oxygens (including phenoxy) is 2. The Labute approximate surface area is 148 Å². The van der Waals surface area contributed by atoms with E-state index in [9.17, 15) is 4.79 Å².